The van der Waals surface area contributed by atoms with Crippen LogP contribution in [-0.2, 0) is 6.42 Å². The third-order valence-corrected chi connectivity index (χ3v) is 3.73. The fraction of sp³-hybridized carbons (Fsp3) is 0.600. The highest BCUT2D eigenvalue weighted by Crippen LogP contribution is 2.32. The largest absolute Gasteiger partial charge is 0.328 e. The summed E-state index contributed by atoms with van der Waals surface area (Å²) in [7, 11) is 0. The molecule has 0 saturated heterocycles. The molecule has 1 nitrogen and oxygen atoms in total. The predicted octanol–water partition coefficient (Wildman–Crippen LogP) is 3.62. The van der Waals surface area contributed by atoms with E-state index in [0.29, 0.717) is 6.04 Å². The van der Waals surface area contributed by atoms with Gasteiger partial charge in [0.05, 0.1) is 0 Å². The van der Waals surface area contributed by atoms with Crippen molar-refractivity contribution in [3.05, 3.63) is 35.4 Å². The summed E-state index contributed by atoms with van der Waals surface area (Å²) in [5, 5.41) is 0. The minimum absolute atomic E-state index is 0.454. The molecule has 1 aliphatic rings. The molecule has 2 rings (SSSR count). The molecule has 0 aliphatic heterocycles. The van der Waals surface area contributed by atoms with E-state index in [1.165, 1.54) is 49.7 Å². The lowest BCUT2D eigenvalue weighted by molar-refractivity contribution is 0.395. The van der Waals surface area contributed by atoms with Gasteiger partial charge in [0.1, 0.15) is 0 Å². The van der Waals surface area contributed by atoms with E-state index in [4.69, 9.17) is 5.73 Å². The SMILES string of the molecule is CCCc1cccc(C2CCC(N)CC2)c1. The van der Waals surface area contributed by atoms with Gasteiger partial charge in [-0.2, -0.15) is 0 Å². The first kappa shape index (κ1) is 11.7. The number of nitrogens with two attached hydrogens (primary N) is 1. The highest BCUT2D eigenvalue weighted by molar-refractivity contribution is 5.27. The molecule has 0 spiro atoms. The van der Waals surface area contributed by atoms with Crippen molar-refractivity contribution in [2.24, 2.45) is 5.73 Å². The molecule has 1 heteroatoms. The first-order chi connectivity index (χ1) is 7.79. The standard InChI is InChI=1S/C15H23N/c1-2-4-12-5-3-6-14(11-12)13-7-9-15(16)10-8-13/h3,5-6,11,13,15H,2,4,7-10,16H2,1H3. The summed E-state index contributed by atoms with van der Waals surface area (Å²) in [6.07, 6.45) is 7.39. The van der Waals surface area contributed by atoms with Crippen LogP contribution in [0.15, 0.2) is 24.3 Å². The van der Waals surface area contributed by atoms with Crippen LogP contribution in [-0.4, -0.2) is 6.04 Å². The number of rotatable bonds is 3. The molecular weight excluding hydrogens is 194 g/mol. The Kier molecular flexibility index (Phi) is 4.00. The second kappa shape index (κ2) is 5.49. The molecule has 1 saturated carbocycles. The number of benzene rings is 1. The summed E-state index contributed by atoms with van der Waals surface area (Å²) < 4.78 is 0. The average molecular weight is 217 g/mol. The molecule has 1 aromatic carbocycles. The summed E-state index contributed by atoms with van der Waals surface area (Å²) in [5.41, 5.74) is 8.99. The Balaban J connectivity index is 2.05. The van der Waals surface area contributed by atoms with Crippen molar-refractivity contribution < 1.29 is 0 Å². The monoisotopic (exact) mass is 217 g/mol. The molecule has 0 amide bonds. The lowest BCUT2D eigenvalue weighted by Gasteiger charge is -2.26. The summed E-state index contributed by atoms with van der Waals surface area (Å²) in [6.45, 7) is 2.24. The van der Waals surface area contributed by atoms with Crippen molar-refractivity contribution in [1.82, 2.24) is 0 Å². The van der Waals surface area contributed by atoms with E-state index in [0.717, 1.165) is 5.92 Å². The first-order valence-electron chi connectivity index (χ1n) is 6.64. The molecule has 0 atom stereocenters. The fourth-order valence-electron chi connectivity index (χ4n) is 2.74. The van der Waals surface area contributed by atoms with Crippen LogP contribution in [0.2, 0.25) is 0 Å². The van der Waals surface area contributed by atoms with E-state index >= 15 is 0 Å². The molecule has 1 aliphatic carbocycles. The summed E-state index contributed by atoms with van der Waals surface area (Å²) in [5.74, 6) is 0.761. The van der Waals surface area contributed by atoms with Gasteiger partial charge in [0, 0.05) is 6.04 Å². The van der Waals surface area contributed by atoms with Gasteiger partial charge in [0.2, 0.25) is 0 Å². The van der Waals surface area contributed by atoms with Crippen LogP contribution in [0.1, 0.15) is 56.1 Å². The molecule has 1 fully saturated rings. The van der Waals surface area contributed by atoms with Crippen molar-refractivity contribution >= 4 is 0 Å². The van der Waals surface area contributed by atoms with Crippen LogP contribution in [0.3, 0.4) is 0 Å². The highest BCUT2D eigenvalue weighted by Gasteiger charge is 2.19. The quantitative estimate of drug-likeness (QED) is 0.822. The molecular formula is C15H23N. The molecule has 0 unspecified atom stereocenters. The third kappa shape index (κ3) is 2.85. The van der Waals surface area contributed by atoms with Gasteiger partial charge >= 0.3 is 0 Å². The molecule has 88 valence electrons. The van der Waals surface area contributed by atoms with Crippen molar-refractivity contribution in [2.45, 2.75) is 57.4 Å². The number of hydrogen-bond acceptors (Lipinski definition) is 1. The van der Waals surface area contributed by atoms with E-state index in [1.54, 1.807) is 0 Å². The summed E-state index contributed by atoms with van der Waals surface area (Å²) in [4.78, 5) is 0. The van der Waals surface area contributed by atoms with Gasteiger partial charge in [-0.1, -0.05) is 37.6 Å². The fourth-order valence-corrected chi connectivity index (χ4v) is 2.74. The van der Waals surface area contributed by atoms with Crippen molar-refractivity contribution in [3.63, 3.8) is 0 Å². The van der Waals surface area contributed by atoms with Crippen molar-refractivity contribution in [2.75, 3.05) is 0 Å². The summed E-state index contributed by atoms with van der Waals surface area (Å²) >= 11 is 0. The molecule has 16 heavy (non-hydrogen) atoms. The smallest absolute Gasteiger partial charge is 0.00392 e. The van der Waals surface area contributed by atoms with Crippen LogP contribution in [0.4, 0.5) is 0 Å². The number of aryl methyl sites for hydroxylation is 1. The Morgan fingerprint density at radius 2 is 1.94 bits per heavy atom. The Morgan fingerprint density at radius 1 is 1.19 bits per heavy atom. The maximum absolute atomic E-state index is 5.95. The molecule has 0 aromatic heterocycles. The van der Waals surface area contributed by atoms with Crippen molar-refractivity contribution in [3.8, 4) is 0 Å². The van der Waals surface area contributed by atoms with Gasteiger partial charge in [-0.25, -0.2) is 0 Å². The van der Waals surface area contributed by atoms with E-state index in [2.05, 4.69) is 31.2 Å². The normalized spacial score (nSPS) is 25.6. The zero-order chi connectivity index (χ0) is 11.4. The van der Waals surface area contributed by atoms with Gasteiger partial charge < -0.3 is 5.73 Å². The van der Waals surface area contributed by atoms with E-state index in [1.807, 2.05) is 0 Å². The van der Waals surface area contributed by atoms with Crippen LogP contribution < -0.4 is 5.73 Å². The molecule has 0 radical (unpaired) electrons. The first-order valence-corrected chi connectivity index (χ1v) is 6.64. The third-order valence-electron chi connectivity index (χ3n) is 3.73. The molecule has 0 heterocycles. The zero-order valence-electron chi connectivity index (χ0n) is 10.3. The van der Waals surface area contributed by atoms with Crippen LogP contribution in [0.5, 0.6) is 0 Å². The van der Waals surface area contributed by atoms with Gasteiger partial charge in [-0.3, -0.25) is 0 Å². The second-order valence-corrected chi connectivity index (χ2v) is 5.11. The van der Waals surface area contributed by atoms with E-state index < -0.39 is 0 Å². The average Bonchev–Trinajstić information content (AvgIpc) is 2.31. The molecule has 1 aromatic rings. The zero-order valence-corrected chi connectivity index (χ0v) is 10.3. The Bertz CT molecular complexity index is 324. The van der Waals surface area contributed by atoms with Gasteiger partial charge in [-0.15, -0.1) is 0 Å². The van der Waals surface area contributed by atoms with Crippen LogP contribution in [0.25, 0.3) is 0 Å². The Labute approximate surface area is 99.0 Å². The van der Waals surface area contributed by atoms with Gasteiger partial charge in [0.15, 0.2) is 0 Å². The van der Waals surface area contributed by atoms with Crippen molar-refractivity contribution in [1.29, 1.82) is 0 Å². The van der Waals surface area contributed by atoms with Crippen LogP contribution >= 0.6 is 0 Å². The maximum atomic E-state index is 5.95. The van der Waals surface area contributed by atoms with E-state index in [-0.39, 0.29) is 0 Å². The van der Waals surface area contributed by atoms with Gasteiger partial charge in [-0.05, 0) is 49.1 Å². The topological polar surface area (TPSA) is 26.0 Å². The Hall–Kier alpha value is -0.820. The van der Waals surface area contributed by atoms with Crippen LogP contribution in [0, 0.1) is 0 Å². The molecule has 2 N–H and O–H groups in total. The Morgan fingerprint density at radius 3 is 2.62 bits per heavy atom. The van der Waals surface area contributed by atoms with Gasteiger partial charge in [0.25, 0.3) is 0 Å². The predicted molar refractivity (Wildman–Crippen MR) is 69.6 cm³/mol. The highest BCUT2D eigenvalue weighted by atomic mass is 14.6. The lowest BCUT2D eigenvalue weighted by Crippen LogP contribution is -2.25. The number of hydrogen-bond donors (Lipinski definition) is 1. The maximum Gasteiger partial charge on any atom is 0.00392 e. The molecule has 0 bridgehead atoms. The minimum atomic E-state index is 0.454. The second-order valence-electron chi connectivity index (χ2n) is 5.11. The van der Waals surface area contributed by atoms with E-state index in [9.17, 15) is 0 Å². The summed E-state index contributed by atoms with van der Waals surface area (Å²) in [6, 6.07) is 9.62. The minimum Gasteiger partial charge on any atom is -0.328 e. The lowest BCUT2D eigenvalue weighted by atomic mass is 9.81.